The molecule has 3 atom stereocenters. The van der Waals surface area contributed by atoms with E-state index in [1.54, 1.807) is 0 Å². The molecule has 0 aromatic carbocycles. The van der Waals surface area contributed by atoms with E-state index in [4.69, 9.17) is 0 Å². The van der Waals surface area contributed by atoms with Crippen LogP contribution in [0.4, 0.5) is 0 Å². The maximum absolute atomic E-state index is 2.45. The predicted octanol–water partition coefficient (Wildman–Crippen LogP) is 5.38. The second-order valence-electron chi connectivity index (χ2n) is 5.87. The van der Waals surface area contributed by atoms with Crippen molar-refractivity contribution in [3.05, 3.63) is 0 Å². The Balaban J connectivity index is 4.09. The summed E-state index contributed by atoms with van der Waals surface area (Å²) >= 11 is 0. The van der Waals surface area contributed by atoms with E-state index in [-0.39, 0.29) is 0 Å². The van der Waals surface area contributed by atoms with E-state index in [1.807, 2.05) is 0 Å². The van der Waals surface area contributed by atoms with E-state index in [0.29, 0.717) is 0 Å². The Labute approximate surface area is 97.8 Å². The van der Waals surface area contributed by atoms with Crippen LogP contribution in [-0.4, -0.2) is 0 Å². The molecule has 0 heterocycles. The summed E-state index contributed by atoms with van der Waals surface area (Å²) < 4.78 is 0. The normalized spacial score (nSPS) is 18.2. The molecule has 0 saturated carbocycles. The highest BCUT2D eigenvalue weighted by atomic mass is 14.3. The topological polar surface area (TPSA) is 0 Å². The third-order valence-corrected chi connectivity index (χ3v) is 4.55. The highest BCUT2D eigenvalue weighted by Crippen LogP contribution is 2.31. The van der Waals surface area contributed by atoms with Crippen molar-refractivity contribution in [2.75, 3.05) is 0 Å². The molecule has 0 aromatic rings. The van der Waals surface area contributed by atoms with Gasteiger partial charge in [0.1, 0.15) is 0 Å². The van der Waals surface area contributed by atoms with Crippen molar-refractivity contribution in [1.82, 2.24) is 0 Å². The third-order valence-electron chi connectivity index (χ3n) is 4.55. The van der Waals surface area contributed by atoms with E-state index >= 15 is 0 Å². The molecule has 0 aliphatic carbocycles. The summed E-state index contributed by atoms with van der Waals surface area (Å²) in [6.07, 6.45) is 4.10. The Hall–Kier alpha value is 0. The van der Waals surface area contributed by atoms with Gasteiger partial charge in [-0.05, 0) is 36.0 Å². The largest absolute Gasteiger partial charge is 0.0651 e. The van der Waals surface area contributed by atoms with Crippen LogP contribution in [0, 0.1) is 29.6 Å². The van der Waals surface area contributed by atoms with Gasteiger partial charge in [0.25, 0.3) is 0 Å². The first kappa shape index (κ1) is 15.0. The van der Waals surface area contributed by atoms with Crippen molar-refractivity contribution >= 4 is 0 Å². The average molecular weight is 212 g/mol. The number of hydrogen-bond acceptors (Lipinski definition) is 0. The molecule has 0 spiro atoms. The highest BCUT2D eigenvalue weighted by Gasteiger charge is 2.21. The minimum absolute atomic E-state index is 0.828. The summed E-state index contributed by atoms with van der Waals surface area (Å²) in [5.41, 5.74) is 0. The Morgan fingerprint density at radius 3 is 1.53 bits per heavy atom. The van der Waals surface area contributed by atoms with Crippen LogP contribution in [-0.2, 0) is 0 Å². The van der Waals surface area contributed by atoms with Crippen LogP contribution in [0.1, 0.15) is 67.7 Å². The van der Waals surface area contributed by atoms with Gasteiger partial charge in [0.05, 0.1) is 0 Å². The Bertz CT molecular complexity index is 138. The fourth-order valence-electron chi connectivity index (χ4n) is 2.74. The van der Waals surface area contributed by atoms with Crippen LogP contribution in [0.3, 0.4) is 0 Å². The standard InChI is InChI=1S/C15H32/c1-8-15(9-2)13(6)10-12(5)14(7)11(3)4/h11-15H,8-10H2,1-7H3. The van der Waals surface area contributed by atoms with E-state index in [1.165, 1.54) is 19.3 Å². The van der Waals surface area contributed by atoms with Crippen LogP contribution in [0.15, 0.2) is 0 Å². The quantitative estimate of drug-likeness (QED) is 0.531. The van der Waals surface area contributed by atoms with Gasteiger partial charge in [-0.2, -0.15) is 0 Å². The molecule has 3 unspecified atom stereocenters. The van der Waals surface area contributed by atoms with Crippen molar-refractivity contribution in [1.29, 1.82) is 0 Å². The van der Waals surface area contributed by atoms with Crippen molar-refractivity contribution < 1.29 is 0 Å². The van der Waals surface area contributed by atoms with Crippen LogP contribution in [0.5, 0.6) is 0 Å². The maximum Gasteiger partial charge on any atom is -0.0394 e. The van der Waals surface area contributed by atoms with Crippen LogP contribution < -0.4 is 0 Å². The summed E-state index contributed by atoms with van der Waals surface area (Å²) in [6, 6.07) is 0. The minimum Gasteiger partial charge on any atom is -0.0651 e. The monoisotopic (exact) mass is 212 g/mol. The molecule has 0 amide bonds. The molecule has 0 bridgehead atoms. The highest BCUT2D eigenvalue weighted by molar-refractivity contribution is 4.71. The summed E-state index contributed by atoms with van der Waals surface area (Å²) in [4.78, 5) is 0. The summed E-state index contributed by atoms with van der Waals surface area (Å²) in [5.74, 6) is 4.40. The molecule has 0 aliphatic rings. The van der Waals surface area contributed by atoms with Crippen molar-refractivity contribution in [2.24, 2.45) is 29.6 Å². The molecule has 15 heavy (non-hydrogen) atoms. The average Bonchev–Trinajstić information content (AvgIpc) is 2.18. The van der Waals surface area contributed by atoms with Crippen LogP contribution in [0.2, 0.25) is 0 Å². The molecular formula is C15H32. The van der Waals surface area contributed by atoms with Crippen molar-refractivity contribution in [3.8, 4) is 0 Å². The van der Waals surface area contributed by atoms with E-state index in [2.05, 4.69) is 48.5 Å². The lowest BCUT2D eigenvalue weighted by Gasteiger charge is -2.29. The smallest absolute Gasteiger partial charge is 0.0394 e. The first-order valence-corrected chi connectivity index (χ1v) is 6.93. The maximum atomic E-state index is 2.45. The second kappa shape index (κ2) is 7.30. The Morgan fingerprint density at radius 1 is 0.733 bits per heavy atom. The van der Waals surface area contributed by atoms with Crippen LogP contribution >= 0.6 is 0 Å². The zero-order valence-corrected chi connectivity index (χ0v) is 12.0. The fraction of sp³-hybridized carbons (Fsp3) is 1.00. The van der Waals surface area contributed by atoms with Gasteiger partial charge in [-0.3, -0.25) is 0 Å². The lowest BCUT2D eigenvalue weighted by Crippen LogP contribution is -2.20. The lowest BCUT2D eigenvalue weighted by atomic mass is 9.77. The number of hydrogen-bond donors (Lipinski definition) is 0. The first-order chi connectivity index (χ1) is 6.93. The third kappa shape index (κ3) is 5.04. The predicted molar refractivity (Wildman–Crippen MR) is 71.0 cm³/mol. The molecule has 92 valence electrons. The molecule has 0 aromatic heterocycles. The van der Waals surface area contributed by atoms with E-state index in [0.717, 1.165) is 29.6 Å². The van der Waals surface area contributed by atoms with Gasteiger partial charge in [-0.15, -0.1) is 0 Å². The summed E-state index contributed by atoms with van der Waals surface area (Å²) in [7, 11) is 0. The fourth-order valence-corrected chi connectivity index (χ4v) is 2.74. The molecule has 0 radical (unpaired) electrons. The van der Waals surface area contributed by atoms with Crippen molar-refractivity contribution in [2.45, 2.75) is 67.7 Å². The SMILES string of the molecule is CCC(CC)C(C)CC(C)C(C)C(C)C. The van der Waals surface area contributed by atoms with Gasteiger partial charge in [0.2, 0.25) is 0 Å². The molecule has 0 saturated heterocycles. The zero-order valence-electron chi connectivity index (χ0n) is 12.0. The first-order valence-electron chi connectivity index (χ1n) is 6.93. The molecule has 0 heteroatoms. The molecule has 0 nitrogen and oxygen atoms in total. The van der Waals surface area contributed by atoms with Crippen molar-refractivity contribution in [3.63, 3.8) is 0 Å². The van der Waals surface area contributed by atoms with Gasteiger partial charge >= 0.3 is 0 Å². The summed E-state index contributed by atoms with van der Waals surface area (Å²) in [5, 5.41) is 0. The minimum atomic E-state index is 0.828. The van der Waals surface area contributed by atoms with E-state index < -0.39 is 0 Å². The molecule has 0 fully saturated rings. The second-order valence-corrected chi connectivity index (χ2v) is 5.87. The molecule has 0 rings (SSSR count). The van der Waals surface area contributed by atoms with Gasteiger partial charge < -0.3 is 0 Å². The Kier molecular flexibility index (Phi) is 7.30. The molecule has 0 aliphatic heterocycles. The van der Waals surface area contributed by atoms with Gasteiger partial charge in [0, 0.05) is 0 Å². The lowest BCUT2D eigenvalue weighted by molar-refractivity contribution is 0.211. The molecular weight excluding hydrogens is 180 g/mol. The van der Waals surface area contributed by atoms with Crippen LogP contribution in [0.25, 0.3) is 0 Å². The van der Waals surface area contributed by atoms with E-state index in [9.17, 15) is 0 Å². The van der Waals surface area contributed by atoms with Gasteiger partial charge in [-0.25, -0.2) is 0 Å². The Morgan fingerprint density at radius 2 is 1.20 bits per heavy atom. The molecule has 0 N–H and O–H groups in total. The zero-order chi connectivity index (χ0) is 12.0. The van der Waals surface area contributed by atoms with Gasteiger partial charge in [0.15, 0.2) is 0 Å². The van der Waals surface area contributed by atoms with Gasteiger partial charge in [-0.1, -0.05) is 61.3 Å². The number of rotatable bonds is 7. The summed E-state index contributed by atoms with van der Waals surface area (Å²) in [6.45, 7) is 16.7.